The molecule has 11 heteroatoms. The Labute approximate surface area is 104 Å². The van der Waals surface area contributed by atoms with Crippen LogP contribution in [-0.2, 0) is 9.68 Å². The minimum absolute atomic E-state index is 0.131. The first kappa shape index (κ1) is 13.3. The molecule has 0 spiro atoms. The highest BCUT2D eigenvalue weighted by Gasteiger charge is 2.20. The quantitative estimate of drug-likeness (QED) is 0.340. The number of carbonyl (C=O) groups is 3. The molecular formula is C3H2I2N2O7. The van der Waals surface area contributed by atoms with Crippen molar-refractivity contribution < 1.29 is 34.3 Å². The summed E-state index contributed by atoms with van der Waals surface area (Å²) in [5, 5.41) is 16.5. The number of hydrogen-bond acceptors (Lipinski definition) is 5. The fraction of sp³-hybridized carbons (Fsp3) is 0. The largest absolute Gasteiger partial charge is 0.560 e. The third-order valence-corrected chi connectivity index (χ3v) is 1.83. The van der Waals surface area contributed by atoms with E-state index in [0.717, 1.165) is 45.7 Å². The molecule has 0 saturated heterocycles. The van der Waals surface area contributed by atoms with Crippen LogP contribution in [0.1, 0.15) is 0 Å². The summed E-state index contributed by atoms with van der Waals surface area (Å²) in [4.78, 5) is 38.8. The third-order valence-electron chi connectivity index (χ3n) is 0.610. The molecule has 0 fully saturated rings. The Hall–Kier alpha value is -0.730. The summed E-state index contributed by atoms with van der Waals surface area (Å²) in [6, 6.07) is 0. The summed E-state index contributed by atoms with van der Waals surface area (Å²) in [6.45, 7) is 0. The number of nitrogens with zero attached hydrogens (tertiary/aromatic N) is 2. The number of carboxylic acid groups (broad SMARTS) is 2. The zero-order chi connectivity index (χ0) is 11.3. The van der Waals surface area contributed by atoms with Crippen LogP contribution in [0.25, 0.3) is 0 Å². The normalized spacial score (nSPS) is 8.71. The maximum atomic E-state index is 10.6. The number of hydrogen-bond donors (Lipinski definition) is 2. The van der Waals surface area contributed by atoms with E-state index in [1.54, 1.807) is 0 Å². The van der Waals surface area contributed by atoms with Crippen molar-refractivity contribution in [1.82, 2.24) is 6.55 Å². The first-order chi connectivity index (χ1) is 6.34. The number of hydroxylamine groups is 2. The van der Waals surface area contributed by atoms with Crippen LogP contribution in [0.4, 0.5) is 14.4 Å². The van der Waals surface area contributed by atoms with Gasteiger partial charge in [0.05, 0.1) is 0 Å². The average Bonchev–Trinajstić information content (AvgIpc) is 2.03. The third kappa shape index (κ3) is 5.10. The van der Waals surface area contributed by atoms with Crippen molar-refractivity contribution in [3.05, 3.63) is 0 Å². The molecule has 9 nitrogen and oxygen atoms in total. The number of amides is 2. The van der Waals surface area contributed by atoms with Gasteiger partial charge in [-0.25, -0.2) is 9.59 Å². The first-order valence-electron chi connectivity index (χ1n) is 2.62. The molecule has 80 valence electrons. The van der Waals surface area contributed by atoms with Gasteiger partial charge < -0.3 is 10.2 Å². The second kappa shape index (κ2) is 5.89. The van der Waals surface area contributed by atoms with Crippen molar-refractivity contribution in [2.75, 3.05) is 0 Å². The van der Waals surface area contributed by atoms with Crippen LogP contribution in [-0.4, -0.2) is 35.1 Å². The van der Waals surface area contributed by atoms with Gasteiger partial charge in [-0.1, -0.05) is 6.55 Å². The average molecular weight is 432 g/mol. The van der Waals surface area contributed by atoms with Crippen LogP contribution in [0.5, 0.6) is 0 Å². The summed E-state index contributed by atoms with van der Waals surface area (Å²) < 4.78 is 0.263. The van der Waals surface area contributed by atoms with Crippen LogP contribution in [0.2, 0.25) is 0 Å². The highest BCUT2D eigenvalue weighted by atomic mass is 127. The molecule has 2 amide bonds. The van der Waals surface area contributed by atoms with E-state index in [2.05, 4.69) is 9.68 Å². The van der Waals surface area contributed by atoms with Crippen molar-refractivity contribution in [2.45, 2.75) is 0 Å². The first-order valence-corrected chi connectivity index (χ1v) is 4.55. The van der Waals surface area contributed by atoms with Gasteiger partial charge in [-0.15, -0.1) is 0 Å². The van der Waals surface area contributed by atoms with Crippen LogP contribution >= 0.6 is 45.7 Å². The molecule has 0 aliphatic heterocycles. The molecule has 0 heterocycles. The molecule has 0 saturated carbocycles. The van der Waals surface area contributed by atoms with Gasteiger partial charge in [-0.3, -0.25) is 9.68 Å². The smallest absolute Gasteiger partial charge is 0.462 e. The maximum Gasteiger partial charge on any atom is 0.560 e. The van der Waals surface area contributed by atoms with Gasteiger partial charge in [0.2, 0.25) is 0 Å². The van der Waals surface area contributed by atoms with Crippen molar-refractivity contribution in [3.63, 3.8) is 0 Å². The lowest BCUT2D eigenvalue weighted by Crippen LogP contribution is -2.28. The van der Waals surface area contributed by atoms with Gasteiger partial charge in [0.1, 0.15) is 45.7 Å². The topological polar surface area (TPSA) is 117 Å². The maximum absolute atomic E-state index is 10.6. The molecule has 2 N–H and O–H groups in total. The zero-order valence-corrected chi connectivity index (χ0v) is 10.4. The number of halogens is 2. The van der Waals surface area contributed by atoms with Gasteiger partial charge in [0.15, 0.2) is 0 Å². The highest BCUT2D eigenvalue weighted by molar-refractivity contribution is 14.1. The molecule has 0 aliphatic rings. The highest BCUT2D eigenvalue weighted by Crippen LogP contribution is 2.06. The van der Waals surface area contributed by atoms with E-state index in [9.17, 15) is 14.4 Å². The van der Waals surface area contributed by atoms with E-state index in [1.165, 1.54) is 0 Å². The molecule has 0 aromatic rings. The standard InChI is InChI=1S/C3H2I2N2O7/c4-6(1(8)9)13-3(12)14-7(5)2(10)11/h(H,8,9)(H,10,11). The molecule has 0 aromatic carbocycles. The summed E-state index contributed by atoms with van der Waals surface area (Å²) >= 11 is 2.31. The Kier molecular flexibility index (Phi) is 5.58. The Balaban J connectivity index is 3.99. The fourth-order valence-corrected chi connectivity index (χ4v) is 0.547. The molecule has 0 bridgehead atoms. The Morgan fingerprint density at radius 1 is 0.929 bits per heavy atom. The summed E-state index contributed by atoms with van der Waals surface area (Å²) in [5.41, 5.74) is 0. The molecule has 14 heavy (non-hydrogen) atoms. The number of carbonyl (C=O) groups excluding carboxylic acids is 1. The van der Waals surface area contributed by atoms with E-state index < -0.39 is 18.3 Å². The molecule has 0 unspecified atom stereocenters. The second-order valence-corrected chi connectivity index (χ2v) is 3.24. The molecule has 0 rings (SSSR count). The van der Waals surface area contributed by atoms with E-state index in [-0.39, 0.29) is 6.55 Å². The van der Waals surface area contributed by atoms with Crippen LogP contribution in [0, 0.1) is 0 Å². The Bertz CT molecular complexity index is 233. The Morgan fingerprint density at radius 2 is 1.21 bits per heavy atom. The molecular weight excluding hydrogens is 430 g/mol. The Morgan fingerprint density at radius 3 is 1.43 bits per heavy atom. The SMILES string of the molecule is O=C(ON(I)C(=O)O)ON(I)C(=O)O. The summed E-state index contributed by atoms with van der Waals surface area (Å²) in [6.07, 6.45) is -4.57. The predicted octanol–water partition coefficient (Wildman–Crippen LogP) is 1.63. The predicted molar refractivity (Wildman–Crippen MR) is 55.3 cm³/mol. The van der Waals surface area contributed by atoms with E-state index in [1.807, 2.05) is 0 Å². The van der Waals surface area contributed by atoms with Crippen molar-refractivity contribution >= 4 is 64.1 Å². The van der Waals surface area contributed by atoms with E-state index in [4.69, 9.17) is 10.2 Å². The minimum Gasteiger partial charge on any atom is -0.462 e. The monoisotopic (exact) mass is 432 g/mol. The van der Waals surface area contributed by atoms with Crippen molar-refractivity contribution in [1.29, 1.82) is 0 Å². The van der Waals surface area contributed by atoms with Crippen molar-refractivity contribution in [3.8, 4) is 0 Å². The minimum atomic E-state index is -1.54. The molecule has 0 atom stereocenters. The van der Waals surface area contributed by atoms with Crippen LogP contribution in [0.3, 0.4) is 0 Å². The fourth-order valence-electron chi connectivity index (χ4n) is 0.226. The summed E-state index contributed by atoms with van der Waals surface area (Å²) in [5.74, 6) is 0. The second-order valence-electron chi connectivity index (χ2n) is 1.49. The lowest BCUT2D eigenvalue weighted by molar-refractivity contribution is -0.0779. The summed E-state index contributed by atoms with van der Waals surface area (Å²) in [7, 11) is 0. The zero-order valence-electron chi connectivity index (χ0n) is 6.09. The van der Waals surface area contributed by atoms with Gasteiger partial charge in [0.25, 0.3) is 0 Å². The molecule has 0 radical (unpaired) electrons. The van der Waals surface area contributed by atoms with Gasteiger partial charge in [-0.2, -0.15) is 4.79 Å². The van der Waals surface area contributed by atoms with Crippen LogP contribution < -0.4 is 0 Å². The van der Waals surface area contributed by atoms with Crippen molar-refractivity contribution in [2.24, 2.45) is 0 Å². The van der Waals surface area contributed by atoms with Gasteiger partial charge >= 0.3 is 18.3 Å². The molecule has 0 aliphatic carbocycles. The van der Waals surface area contributed by atoms with E-state index >= 15 is 0 Å². The van der Waals surface area contributed by atoms with E-state index in [0.29, 0.717) is 0 Å². The van der Waals surface area contributed by atoms with Gasteiger partial charge in [0, 0.05) is 0 Å². The number of rotatable bonds is 0. The van der Waals surface area contributed by atoms with Crippen LogP contribution in [0.15, 0.2) is 0 Å². The lowest BCUT2D eigenvalue weighted by atomic mass is 11.2. The van der Waals surface area contributed by atoms with Gasteiger partial charge in [-0.05, 0) is 0 Å². The molecule has 0 aromatic heterocycles. The lowest BCUT2D eigenvalue weighted by Gasteiger charge is -2.11.